The lowest BCUT2D eigenvalue weighted by Crippen LogP contribution is -2.32. The number of methoxy groups -OCH3 is 1. The van der Waals surface area contributed by atoms with Crippen molar-refractivity contribution in [2.24, 2.45) is 4.99 Å². The van der Waals surface area contributed by atoms with Crippen LogP contribution >= 0.6 is 24.0 Å². The summed E-state index contributed by atoms with van der Waals surface area (Å²) in [6.07, 6.45) is 7.85. The largest absolute Gasteiger partial charge is 0.493 e. The number of aliphatic imine (C=N–C) groups is 1. The monoisotopic (exact) mass is 491 g/mol. The van der Waals surface area contributed by atoms with Crippen molar-refractivity contribution in [3.8, 4) is 11.5 Å². The lowest BCUT2D eigenvalue weighted by molar-refractivity contribution is 0.0277. The van der Waals surface area contributed by atoms with Gasteiger partial charge in [0, 0.05) is 32.0 Å². The normalized spacial score (nSPS) is 15.0. The standard InChI is InChI=1S/C20H33N3O3.HI/c1-4-25-19-15-16(11-12-18(19)24-3)23-20(21-2)22-13-8-14-26-17-9-6-5-7-10-17;/h11-12,15,17H,4-10,13-14H2,1-3H3,(H2,21,22,23);1H. The molecule has 0 bridgehead atoms. The summed E-state index contributed by atoms with van der Waals surface area (Å²) >= 11 is 0. The summed E-state index contributed by atoms with van der Waals surface area (Å²) in [6.45, 7) is 4.16. The maximum Gasteiger partial charge on any atom is 0.195 e. The van der Waals surface area contributed by atoms with E-state index in [1.807, 2.05) is 25.1 Å². The van der Waals surface area contributed by atoms with Crippen molar-refractivity contribution in [3.05, 3.63) is 18.2 Å². The number of hydrogen-bond donors (Lipinski definition) is 2. The van der Waals surface area contributed by atoms with Crippen LogP contribution in [0.5, 0.6) is 11.5 Å². The molecule has 2 rings (SSSR count). The number of halogens is 1. The quantitative estimate of drug-likeness (QED) is 0.232. The Hall–Kier alpha value is -1.22. The smallest absolute Gasteiger partial charge is 0.195 e. The summed E-state index contributed by atoms with van der Waals surface area (Å²) in [4.78, 5) is 4.27. The number of nitrogens with one attached hydrogen (secondary N) is 2. The predicted molar refractivity (Wildman–Crippen MR) is 122 cm³/mol. The van der Waals surface area contributed by atoms with E-state index in [0.717, 1.165) is 42.7 Å². The Balaban J connectivity index is 0.00000364. The van der Waals surface area contributed by atoms with E-state index < -0.39 is 0 Å². The Morgan fingerprint density at radius 1 is 1.19 bits per heavy atom. The molecule has 7 heteroatoms. The fraction of sp³-hybridized carbons (Fsp3) is 0.650. The van der Waals surface area contributed by atoms with Crippen LogP contribution < -0.4 is 20.1 Å². The minimum atomic E-state index is 0. The molecule has 0 aromatic heterocycles. The zero-order valence-electron chi connectivity index (χ0n) is 16.8. The molecule has 0 aliphatic heterocycles. The molecule has 0 unspecified atom stereocenters. The van der Waals surface area contributed by atoms with Crippen molar-refractivity contribution < 1.29 is 14.2 Å². The van der Waals surface area contributed by atoms with Gasteiger partial charge in [-0.15, -0.1) is 24.0 Å². The molecular formula is C20H34IN3O3. The molecule has 2 N–H and O–H groups in total. The minimum absolute atomic E-state index is 0. The van der Waals surface area contributed by atoms with Crippen LogP contribution in [0.2, 0.25) is 0 Å². The molecule has 1 saturated carbocycles. The van der Waals surface area contributed by atoms with E-state index in [2.05, 4.69) is 15.6 Å². The molecular weight excluding hydrogens is 457 g/mol. The molecule has 0 atom stereocenters. The molecule has 6 nitrogen and oxygen atoms in total. The number of hydrogen-bond acceptors (Lipinski definition) is 4. The molecule has 1 aliphatic rings. The van der Waals surface area contributed by atoms with Crippen molar-refractivity contribution in [1.29, 1.82) is 0 Å². The van der Waals surface area contributed by atoms with Gasteiger partial charge in [0.15, 0.2) is 17.5 Å². The number of anilines is 1. The van der Waals surface area contributed by atoms with E-state index in [4.69, 9.17) is 14.2 Å². The second-order valence-corrected chi connectivity index (χ2v) is 6.41. The van der Waals surface area contributed by atoms with Crippen LogP contribution in [-0.2, 0) is 4.74 Å². The Kier molecular flexibility index (Phi) is 12.2. The molecule has 1 aromatic rings. The first kappa shape index (κ1) is 23.8. The maximum absolute atomic E-state index is 5.95. The third-order valence-electron chi connectivity index (χ3n) is 4.47. The van der Waals surface area contributed by atoms with E-state index in [1.165, 1.54) is 32.1 Å². The van der Waals surface area contributed by atoms with Crippen LogP contribution in [-0.4, -0.2) is 46.0 Å². The molecule has 1 fully saturated rings. The summed E-state index contributed by atoms with van der Waals surface area (Å²) < 4.78 is 16.9. The van der Waals surface area contributed by atoms with Crippen molar-refractivity contribution in [3.63, 3.8) is 0 Å². The molecule has 0 radical (unpaired) electrons. The molecule has 27 heavy (non-hydrogen) atoms. The van der Waals surface area contributed by atoms with Crippen LogP contribution in [0, 0.1) is 0 Å². The molecule has 0 spiro atoms. The highest BCUT2D eigenvalue weighted by Crippen LogP contribution is 2.30. The van der Waals surface area contributed by atoms with Crippen LogP contribution in [0.25, 0.3) is 0 Å². The zero-order chi connectivity index (χ0) is 18.6. The van der Waals surface area contributed by atoms with Crippen molar-refractivity contribution in [2.45, 2.75) is 51.6 Å². The minimum Gasteiger partial charge on any atom is -0.493 e. The van der Waals surface area contributed by atoms with Crippen molar-refractivity contribution >= 4 is 35.6 Å². The third-order valence-corrected chi connectivity index (χ3v) is 4.47. The molecule has 1 aromatic carbocycles. The summed E-state index contributed by atoms with van der Waals surface area (Å²) in [5.74, 6) is 2.17. The summed E-state index contributed by atoms with van der Waals surface area (Å²) in [5, 5.41) is 6.60. The summed E-state index contributed by atoms with van der Waals surface area (Å²) in [7, 11) is 3.40. The van der Waals surface area contributed by atoms with Crippen LogP contribution in [0.3, 0.4) is 0 Å². The average Bonchev–Trinajstić information content (AvgIpc) is 2.68. The van der Waals surface area contributed by atoms with Crippen molar-refractivity contribution in [2.75, 3.05) is 39.2 Å². The summed E-state index contributed by atoms with van der Waals surface area (Å²) in [6, 6.07) is 5.75. The number of rotatable bonds is 9. The predicted octanol–water partition coefficient (Wildman–Crippen LogP) is 4.44. The lowest BCUT2D eigenvalue weighted by Gasteiger charge is -2.22. The Morgan fingerprint density at radius 2 is 1.96 bits per heavy atom. The Bertz CT molecular complexity index is 563. The molecule has 1 aliphatic carbocycles. The molecule has 0 saturated heterocycles. The van der Waals surface area contributed by atoms with Gasteiger partial charge in [0.2, 0.25) is 0 Å². The molecule has 0 amide bonds. The third kappa shape index (κ3) is 8.55. The second kappa shape index (κ2) is 13.9. The first-order valence-electron chi connectivity index (χ1n) is 9.67. The van der Waals surface area contributed by atoms with Gasteiger partial charge >= 0.3 is 0 Å². The summed E-state index contributed by atoms with van der Waals surface area (Å²) in [5.41, 5.74) is 0.904. The number of guanidine groups is 1. The molecule has 154 valence electrons. The topological polar surface area (TPSA) is 64.1 Å². The highest BCUT2D eigenvalue weighted by atomic mass is 127. The van der Waals surface area contributed by atoms with Gasteiger partial charge in [0.1, 0.15) is 0 Å². The SMILES string of the molecule is CCOc1cc(NC(=NC)NCCCOC2CCCCC2)ccc1OC.I. The first-order chi connectivity index (χ1) is 12.8. The van der Waals surface area contributed by atoms with Gasteiger partial charge < -0.3 is 24.8 Å². The van der Waals surface area contributed by atoms with E-state index in [9.17, 15) is 0 Å². The van der Waals surface area contributed by atoms with Gasteiger partial charge in [0.25, 0.3) is 0 Å². The highest BCUT2D eigenvalue weighted by Gasteiger charge is 2.13. The highest BCUT2D eigenvalue weighted by molar-refractivity contribution is 14.0. The Morgan fingerprint density at radius 3 is 2.63 bits per heavy atom. The van der Waals surface area contributed by atoms with Gasteiger partial charge in [-0.3, -0.25) is 4.99 Å². The Labute approximate surface area is 180 Å². The van der Waals surface area contributed by atoms with Gasteiger partial charge in [-0.1, -0.05) is 19.3 Å². The van der Waals surface area contributed by atoms with Crippen LogP contribution in [0.4, 0.5) is 5.69 Å². The van der Waals surface area contributed by atoms with Gasteiger partial charge in [-0.05, 0) is 38.3 Å². The van der Waals surface area contributed by atoms with E-state index in [1.54, 1.807) is 14.2 Å². The fourth-order valence-corrected chi connectivity index (χ4v) is 3.10. The van der Waals surface area contributed by atoms with Gasteiger partial charge in [-0.2, -0.15) is 0 Å². The van der Waals surface area contributed by atoms with Crippen molar-refractivity contribution in [1.82, 2.24) is 5.32 Å². The van der Waals surface area contributed by atoms with Crippen LogP contribution in [0.15, 0.2) is 23.2 Å². The molecule has 0 heterocycles. The average molecular weight is 491 g/mol. The van der Waals surface area contributed by atoms with E-state index in [-0.39, 0.29) is 24.0 Å². The second-order valence-electron chi connectivity index (χ2n) is 6.41. The van der Waals surface area contributed by atoms with Gasteiger partial charge in [-0.25, -0.2) is 0 Å². The fourth-order valence-electron chi connectivity index (χ4n) is 3.10. The van der Waals surface area contributed by atoms with Crippen LogP contribution in [0.1, 0.15) is 45.4 Å². The number of nitrogens with zero attached hydrogens (tertiary/aromatic N) is 1. The number of benzene rings is 1. The lowest BCUT2D eigenvalue weighted by atomic mass is 9.98. The van der Waals surface area contributed by atoms with E-state index in [0.29, 0.717) is 12.7 Å². The zero-order valence-corrected chi connectivity index (χ0v) is 19.1. The van der Waals surface area contributed by atoms with E-state index >= 15 is 0 Å². The van der Waals surface area contributed by atoms with Gasteiger partial charge in [0.05, 0.1) is 19.8 Å². The maximum atomic E-state index is 5.95. The first-order valence-corrected chi connectivity index (χ1v) is 9.67. The number of ether oxygens (including phenoxy) is 3.